The predicted molar refractivity (Wildman–Crippen MR) is 68.8 cm³/mol. The Hall–Kier alpha value is -0.770. The summed E-state index contributed by atoms with van der Waals surface area (Å²) < 4.78 is 5.41. The van der Waals surface area contributed by atoms with Gasteiger partial charge < -0.3 is 15.8 Å². The number of hydrogen-bond donors (Lipinski definition) is 2. The van der Waals surface area contributed by atoms with Gasteiger partial charge >= 0.3 is 6.09 Å². The molecule has 0 aliphatic heterocycles. The highest BCUT2D eigenvalue weighted by Gasteiger charge is 2.24. The Morgan fingerprint density at radius 3 is 2.35 bits per heavy atom. The highest BCUT2D eigenvalue weighted by atomic mass is 16.6. The van der Waals surface area contributed by atoms with Gasteiger partial charge in [-0.25, -0.2) is 4.79 Å². The number of ether oxygens (including phenoxy) is 1. The average Bonchev–Trinajstić information content (AvgIpc) is 2.18. The second-order valence-electron chi connectivity index (χ2n) is 6.00. The topological polar surface area (TPSA) is 64.3 Å². The summed E-state index contributed by atoms with van der Waals surface area (Å²) in [5.74, 6) is 0.727. The standard InChI is InChI=1S/C13H26N2O2/c1-13(2,3)15-12(16)17-11-6-4-10(5-7-11)8-9-14/h10-11H,4-9,14H2,1-3H3,(H,15,16). The molecule has 1 aliphatic rings. The van der Waals surface area contributed by atoms with Crippen LogP contribution in [0, 0.1) is 5.92 Å². The van der Waals surface area contributed by atoms with Crippen LogP contribution in [-0.2, 0) is 4.74 Å². The Morgan fingerprint density at radius 2 is 1.88 bits per heavy atom. The molecule has 0 aromatic rings. The number of alkyl carbamates (subject to hydrolysis) is 1. The van der Waals surface area contributed by atoms with Gasteiger partial charge in [0.05, 0.1) is 0 Å². The molecular formula is C13H26N2O2. The molecule has 1 fully saturated rings. The molecule has 0 heterocycles. The van der Waals surface area contributed by atoms with Crippen molar-refractivity contribution in [3.63, 3.8) is 0 Å². The lowest BCUT2D eigenvalue weighted by atomic mass is 9.85. The minimum absolute atomic E-state index is 0.0892. The van der Waals surface area contributed by atoms with E-state index in [1.165, 1.54) is 0 Å². The molecule has 0 aromatic carbocycles. The molecule has 17 heavy (non-hydrogen) atoms. The maximum atomic E-state index is 11.6. The lowest BCUT2D eigenvalue weighted by molar-refractivity contribution is 0.0591. The third kappa shape index (κ3) is 5.91. The first kappa shape index (κ1) is 14.3. The van der Waals surface area contributed by atoms with Crippen LogP contribution in [-0.4, -0.2) is 24.3 Å². The van der Waals surface area contributed by atoms with Crippen LogP contribution in [0.4, 0.5) is 4.79 Å². The van der Waals surface area contributed by atoms with Gasteiger partial charge in [-0.3, -0.25) is 0 Å². The first-order chi connectivity index (χ1) is 7.90. The van der Waals surface area contributed by atoms with E-state index in [0.717, 1.165) is 44.6 Å². The van der Waals surface area contributed by atoms with Gasteiger partial charge in [0.15, 0.2) is 0 Å². The second-order valence-corrected chi connectivity index (χ2v) is 6.00. The summed E-state index contributed by atoms with van der Waals surface area (Å²) in [4.78, 5) is 11.6. The molecule has 4 heteroatoms. The van der Waals surface area contributed by atoms with Gasteiger partial charge in [-0.05, 0) is 65.3 Å². The van der Waals surface area contributed by atoms with Gasteiger partial charge in [-0.1, -0.05) is 0 Å². The van der Waals surface area contributed by atoms with Crippen molar-refractivity contribution < 1.29 is 9.53 Å². The van der Waals surface area contributed by atoms with Crippen molar-refractivity contribution in [3.8, 4) is 0 Å². The monoisotopic (exact) mass is 242 g/mol. The maximum Gasteiger partial charge on any atom is 0.407 e. The maximum absolute atomic E-state index is 11.6. The van der Waals surface area contributed by atoms with Crippen LogP contribution >= 0.6 is 0 Å². The molecule has 1 rings (SSSR count). The number of nitrogens with two attached hydrogens (primary N) is 1. The number of nitrogens with one attached hydrogen (secondary N) is 1. The smallest absolute Gasteiger partial charge is 0.407 e. The summed E-state index contributed by atoms with van der Waals surface area (Å²) in [5.41, 5.74) is 5.32. The average molecular weight is 242 g/mol. The third-order valence-electron chi connectivity index (χ3n) is 3.12. The molecule has 0 saturated heterocycles. The van der Waals surface area contributed by atoms with Crippen molar-refractivity contribution in [2.75, 3.05) is 6.54 Å². The summed E-state index contributed by atoms with van der Waals surface area (Å²) >= 11 is 0. The highest BCUT2D eigenvalue weighted by Crippen LogP contribution is 2.28. The fraction of sp³-hybridized carbons (Fsp3) is 0.923. The molecule has 1 amide bonds. The number of carbonyl (C=O) groups excluding carboxylic acids is 1. The molecule has 0 unspecified atom stereocenters. The zero-order valence-electron chi connectivity index (χ0n) is 11.3. The van der Waals surface area contributed by atoms with Crippen molar-refractivity contribution in [1.29, 1.82) is 0 Å². The van der Waals surface area contributed by atoms with Crippen LogP contribution < -0.4 is 11.1 Å². The van der Waals surface area contributed by atoms with Crippen LogP contribution in [0.2, 0.25) is 0 Å². The van der Waals surface area contributed by atoms with Crippen LogP contribution in [0.15, 0.2) is 0 Å². The minimum atomic E-state index is -0.292. The third-order valence-corrected chi connectivity index (χ3v) is 3.12. The fourth-order valence-corrected chi connectivity index (χ4v) is 2.26. The lowest BCUT2D eigenvalue weighted by Gasteiger charge is -2.29. The summed E-state index contributed by atoms with van der Waals surface area (Å²) in [6.07, 6.45) is 5.10. The van der Waals surface area contributed by atoms with Crippen molar-refractivity contribution in [3.05, 3.63) is 0 Å². The van der Waals surface area contributed by atoms with E-state index in [1.54, 1.807) is 0 Å². The minimum Gasteiger partial charge on any atom is -0.446 e. The van der Waals surface area contributed by atoms with E-state index in [2.05, 4.69) is 5.32 Å². The first-order valence-electron chi connectivity index (χ1n) is 6.59. The molecule has 1 saturated carbocycles. The van der Waals surface area contributed by atoms with Crippen LogP contribution in [0.1, 0.15) is 52.9 Å². The van der Waals surface area contributed by atoms with Gasteiger partial charge in [0, 0.05) is 5.54 Å². The molecular weight excluding hydrogens is 216 g/mol. The number of carbonyl (C=O) groups is 1. The van der Waals surface area contributed by atoms with E-state index in [9.17, 15) is 4.79 Å². The van der Waals surface area contributed by atoms with Crippen LogP contribution in [0.3, 0.4) is 0 Å². The predicted octanol–water partition coefficient (Wildman–Crippen LogP) is 2.42. The van der Waals surface area contributed by atoms with E-state index >= 15 is 0 Å². The Kier molecular flexibility index (Phi) is 5.25. The Labute approximate surface area is 104 Å². The normalized spacial score (nSPS) is 25.4. The highest BCUT2D eigenvalue weighted by molar-refractivity contribution is 5.68. The van der Waals surface area contributed by atoms with Gasteiger partial charge in [0.1, 0.15) is 6.10 Å². The summed E-state index contributed by atoms with van der Waals surface area (Å²) in [5, 5.41) is 2.82. The van der Waals surface area contributed by atoms with Crippen molar-refractivity contribution in [2.24, 2.45) is 11.7 Å². The Bertz CT molecular complexity index is 240. The van der Waals surface area contributed by atoms with Gasteiger partial charge in [-0.2, -0.15) is 0 Å². The lowest BCUT2D eigenvalue weighted by Crippen LogP contribution is -2.42. The molecule has 0 bridgehead atoms. The van der Waals surface area contributed by atoms with Crippen LogP contribution in [0.5, 0.6) is 0 Å². The zero-order chi connectivity index (χ0) is 12.9. The number of rotatable bonds is 3. The van der Waals surface area contributed by atoms with E-state index in [0.29, 0.717) is 0 Å². The van der Waals surface area contributed by atoms with Gasteiger partial charge in [0.2, 0.25) is 0 Å². The zero-order valence-corrected chi connectivity index (χ0v) is 11.3. The number of hydrogen-bond acceptors (Lipinski definition) is 3. The SMILES string of the molecule is CC(C)(C)NC(=O)OC1CCC(CCN)CC1. The van der Waals surface area contributed by atoms with Crippen molar-refractivity contribution in [2.45, 2.75) is 64.5 Å². The van der Waals surface area contributed by atoms with Crippen LogP contribution in [0.25, 0.3) is 0 Å². The fourth-order valence-electron chi connectivity index (χ4n) is 2.26. The molecule has 0 radical (unpaired) electrons. The molecule has 0 aromatic heterocycles. The van der Waals surface area contributed by atoms with E-state index < -0.39 is 0 Å². The van der Waals surface area contributed by atoms with Gasteiger partial charge in [-0.15, -0.1) is 0 Å². The molecule has 100 valence electrons. The molecule has 3 N–H and O–H groups in total. The number of amides is 1. The molecule has 0 atom stereocenters. The largest absolute Gasteiger partial charge is 0.446 e. The molecule has 0 spiro atoms. The summed E-state index contributed by atoms with van der Waals surface area (Å²) in [6, 6.07) is 0. The van der Waals surface area contributed by atoms with E-state index in [1.807, 2.05) is 20.8 Å². The summed E-state index contributed by atoms with van der Waals surface area (Å²) in [6.45, 7) is 6.62. The van der Waals surface area contributed by atoms with E-state index in [4.69, 9.17) is 10.5 Å². The first-order valence-corrected chi connectivity index (χ1v) is 6.59. The van der Waals surface area contributed by atoms with Crippen molar-refractivity contribution in [1.82, 2.24) is 5.32 Å². The Morgan fingerprint density at radius 1 is 1.29 bits per heavy atom. The molecule has 4 nitrogen and oxygen atoms in total. The quantitative estimate of drug-likeness (QED) is 0.799. The summed E-state index contributed by atoms with van der Waals surface area (Å²) in [7, 11) is 0. The van der Waals surface area contributed by atoms with E-state index in [-0.39, 0.29) is 17.7 Å². The Balaban J connectivity index is 2.24. The molecule has 1 aliphatic carbocycles. The van der Waals surface area contributed by atoms with Crippen molar-refractivity contribution >= 4 is 6.09 Å². The second kappa shape index (κ2) is 6.24. The van der Waals surface area contributed by atoms with Gasteiger partial charge in [0.25, 0.3) is 0 Å².